The summed E-state index contributed by atoms with van der Waals surface area (Å²) in [4.78, 5) is 28.1. The van der Waals surface area contributed by atoms with Gasteiger partial charge < -0.3 is 24.2 Å². The minimum Gasteiger partial charge on any atom is -0.507 e. The summed E-state index contributed by atoms with van der Waals surface area (Å²) in [5.74, 6) is -0.0129. The summed E-state index contributed by atoms with van der Waals surface area (Å²) in [5, 5.41) is 11.6. The Kier molecular flexibility index (Phi) is 9.15. The summed E-state index contributed by atoms with van der Waals surface area (Å²) in [5.41, 5.74) is 2.95. The highest BCUT2D eigenvalue weighted by Crippen LogP contribution is 2.42. The highest BCUT2D eigenvalue weighted by atomic mass is 16.5. The molecule has 36 heavy (non-hydrogen) atoms. The number of rotatable bonds is 11. The number of nitrogens with zero attached hydrogens (tertiary/aromatic N) is 1. The first kappa shape index (κ1) is 27.3. The molecule has 1 heterocycles. The van der Waals surface area contributed by atoms with Crippen molar-refractivity contribution < 1.29 is 28.9 Å². The van der Waals surface area contributed by atoms with Crippen LogP contribution in [0.4, 0.5) is 0 Å². The van der Waals surface area contributed by atoms with E-state index in [0.717, 1.165) is 23.3 Å². The lowest BCUT2D eigenvalue weighted by Gasteiger charge is -2.26. The molecule has 1 aliphatic heterocycles. The van der Waals surface area contributed by atoms with Gasteiger partial charge in [-0.05, 0) is 66.6 Å². The molecule has 1 N–H and O–H groups in total. The van der Waals surface area contributed by atoms with Crippen LogP contribution in [0.3, 0.4) is 0 Å². The van der Waals surface area contributed by atoms with Gasteiger partial charge in [0.05, 0.1) is 25.3 Å². The van der Waals surface area contributed by atoms with Crippen LogP contribution in [-0.4, -0.2) is 55.7 Å². The van der Waals surface area contributed by atoms with Crippen LogP contribution in [0.15, 0.2) is 42.0 Å². The molecule has 0 aliphatic carbocycles. The number of aryl methyl sites for hydroxylation is 1. The SMILES string of the molecule is CCCOc1cccc(C2/C(=C(\O)c3cc(C(C)C)c(OC)cc3C)C(=O)C(=O)N2CCCOC)c1. The second-order valence-corrected chi connectivity index (χ2v) is 9.32. The number of aliphatic hydroxyl groups is 1. The normalized spacial score (nSPS) is 17.2. The molecule has 194 valence electrons. The average molecular weight is 496 g/mol. The first-order chi connectivity index (χ1) is 17.2. The van der Waals surface area contributed by atoms with Crippen molar-refractivity contribution in [3.63, 3.8) is 0 Å². The van der Waals surface area contributed by atoms with Crippen molar-refractivity contribution >= 4 is 17.4 Å². The molecule has 2 aromatic carbocycles. The number of aliphatic hydroxyl groups excluding tert-OH is 1. The number of ketones is 1. The van der Waals surface area contributed by atoms with Crippen LogP contribution in [0.1, 0.15) is 67.8 Å². The molecule has 1 saturated heterocycles. The molecule has 1 fully saturated rings. The van der Waals surface area contributed by atoms with Gasteiger partial charge in [-0.3, -0.25) is 9.59 Å². The molecular formula is C29H37NO6. The van der Waals surface area contributed by atoms with Crippen LogP contribution < -0.4 is 9.47 Å². The number of ether oxygens (including phenoxy) is 3. The molecule has 7 heteroatoms. The molecule has 0 aromatic heterocycles. The number of amides is 1. The lowest BCUT2D eigenvalue weighted by molar-refractivity contribution is -0.140. The van der Waals surface area contributed by atoms with E-state index in [0.29, 0.717) is 43.1 Å². The van der Waals surface area contributed by atoms with Gasteiger partial charge in [-0.2, -0.15) is 0 Å². The van der Waals surface area contributed by atoms with Crippen LogP contribution in [0.5, 0.6) is 11.5 Å². The average Bonchev–Trinajstić information content (AvgIpc) is 3.12. The van der Waals surface area contributed by atoms with E-state index in [2.05, 4.69) is 0 Å². The maximum atomic E-state index is 13.4. The molecule has 7 nitrogen and oxygen atoms in total. The zero-order chi connectivity index (χ0) is 26.4. The number of benzene rings is 2. The van der Waals surface area contributed by atoms with Crippen molar-refractivity contribution in [3.8, 4) is 11.5 Å². The van der Waals surface area contributed by atoms with E-state index in [1.54, 1.807) is 14.2 Å². The molecule has 0 radical (unpaired) electrons. The van der Waals surface area contributed by atoms with Gasteiger partial charge in [0.15, 0.2) is 0 Å². The molecule has 0 saturated carbocycles. The van der Waals surface area contributed by atoms with Gasteiger partial charge in [-0.15, -0.1) is 0 Å². The predicted octanol–water partition coefficient (Wildman–Crippen LogP) is 5.37. The van der Waals surface area contributed by atoms with Crippen molar-refractivity contribution in [1.29, 1.82) is 0 Å². The predicted molar refractivity (Wildman–Crippen MR) is 140 cm³/mol. The lowest BCUT2D eigenvalue weighted by atomic mass is 9.91. The number of likely N-dealkylation sites (tertiary alicyclic amines) is 1. The first-order valence-electron chi connectivity index (χ1n) is 12.4. The number of carbonyl (C=O) groups excluding carboxylic acids is 2. The van der Waals surface area contributed by atoms with Gasteiger partial charge >= 0.3 is 0 Å². The van der Waals surface area contributed by atoms with Crippen LogP contribution in [0.2, 0.25) is 0 Å². The molecule has 0 spiro atoms. The molecule has 1 aliphatic rings. The van der Waals surface area contributed by atoms with Gasteiger partial charge in [0.25, 0.3) is 11.7 Å². The Hall–Kier alpha value is -3.32. The number of methoxy groups -OCH3 is 2. The van der Waals surface area contributed by atoms with E-state index in [9.17, 15) is 14.7 Å². The van der Waals surface area contributed by atoms with E-state index >= 15 is 0 Å². The van der Waals surface area contributed by atoms with Crippen LogP contribution in [0, 0.1) is 6.92 Å². The Labute approximate surface area is 213 Å². The quantitative estimate of drug-likeness (QED) is 0.195. The highest BCUT2D eigenvalue weighted by molar-refractivity contribution is 6.46. The monoisotopic (exact) mass is 495 g/mol. The van der Waals surface area contributed by atoms with E-state index in [4.69, 9.17) is 14.2 Å². The summed E-state index contributed by atoms with van der Waals surface area (Å²) in [6.07, 6.45) is 1.42. The topological polar surface area (TPSA) is 85.3 Å². The molecule has 1 atom stereocenters. The van der Waals surface area contributed by atoms with Crippen LogP contribution in [-0.2, 0) is 14.3 Å². The van der Waals surface area contributed by atoms with E-state index in [-0.39, 0.29) is 17.3 Å². The van der Waals surface area contributed by atoms with E-state index < -0.39 is 17.7 Å². The summed E-state index contributed by atoms with van der Waals surface area (Å²) >= 11 is 0. The maximum Gasteiger partial charge on any atom is 0.295 e. The van der Waals surface area contributed by atoms with Gasteiger partial charge in [-0.25, -0.2) is 0 Å². The molecule has 1 amide bonds. The Balaban J connectivity index is 2.20. The highest BCUT2D eigenvalue weighted by Gasteiger charge is 2.46. The fourth-order valence-corrected chi connectivity index (χ4v) is 4.56. The fraction of sp³-hybridized carbons (Fsp3) is 0.448. The van der Waals surface area contributed by atoms with Gasteiger partial charge in [0.1, 0.15) is 17.3 Å². The maximum absolute atomic E-state index is 13.4. The molecule has 1 unspecified atom stereocenters. The van der Waals surface area contributed by atoms with E-state index in [1.165, 1.54) is 4.90 Å². The zero-order valence-electron chi connectivity index (χ0n) is 22.1. The third kappa shape index (κ3) is 5.57. The first-order valence-corrected chi connectivity index (χ1v) is 12.4. The largest absolute Gasteiger partial charge is 0.507 e. The standard InChI is InChI=1S/C29H37NO6/c1-7-13-36-21-11-8-10-20(16-21)26-25(28(32)29(33)30(26)12-9-14-34-5)27(31)23-17-22(18(2)3)24(35-6)15-19(23)4/h8,10-11,15-18,26,31H,7,9,12-14H2,1-6H3/b27-25+. The third-order valence-corrected chi connectivity index (χ3v) is 6.39. The summed E-state index contributed by atoms with van der Waals surface area (Å²) in [7, 11) is 3.21. The van der Waals surface area contributed by atoms with Gasteiger partial charge in [0, 0.05) is 25.8 Å². The van der Waals surface area contributed by atoms with Crippen molar-refractivity contribution in [2.45, 2.75) is 52.5 Å². The van der Waals surface area contributed by atoms with Gasteiger partial charge in [0.2, 0.25) is 0 Å². The second-order valence-electron chi connectivity index (χ2n) is 9.32. The summed E-state index contributed by atoms with van der Waals surface area (Å²) in [6.45, 7) is 9.27. The minimum atomic E-state index is -0.740. The molecule has 2 aromatic rings. The minimum absolute atomic E-state index is 0.0769. The lowest BCUT2D eigenvalue weighted by Crippen LogP contribution is -2.31. The van der Waals surface area contributed by atoms with Crippen molar-refractivity contribution in [1.82, 2.24) is 4.90 Å². The van der Waals surface area contributed by atoms with Crippen molar-refractivity contribution in [3.05, 3.63) is 64.2 Å². The van der Waals surface area contributed by atoms with Crippen molar-refractivity contribution in [2.24, 2.45) is 0 Å². The smallest absolute Gasteiger partial charge is 0.295 e. The summed E-state index contributed by atoms with van der Waals surface area (Å²) < 4.78 is 16.5. The molecule has 3 rings (SSSR count). The molecular weight excluding hydrogens is 458 g/mol. The Morgan fingerprint density at radius 2 is 1.86 bits per heavy atom. The fourth-order valence-electron chi connectivity index (χ4n) is 4.56. The second kappa shape index (κ2) is 12.1. The van der Waals surface area contributed by atoms with Gasteiger partial charge in [-0.1, -0.05) is 32.9 Å². The Morgan fingerprint density at radius 1 is 1.11 bits per heavy atom. The number of Topliss-reactive ketones (excluding diaryl/α,β-unsaturated/α-hetero) is 1. The number of hydrogen-bond acceptors (Lipinski definition) is 6. The Bertz CT molecular complexity index is 1140. The third-order valence-electron chi connectivity index (χ3n) is 6.39. The zero-order valence-corrected chi connectivity index (χ0v) is 22.1. The van der Waals surface area contributed by atoms with Crippen LogP contribution >= 0.6 is 0 Å². The Morgan fingerprint density at radius 3 is 2.50 bits per heavy atom. The van der Waals surface area contributed by atoms with E-state index in [1.807, 2.05) is 64.1 Å². The summed E-state index contributed by atoms with van der Waals surface area (Å²) in [6, 6.07) is 10.3. The number of hydrogen-bond donors (Lipinski definition) is 1. The molecule has 0 bridgehead atoms. The number of carbonyl (C=O) groups is 2. The van der Waals surface area contributed by atoms with Crippen molar-refractivity contribution in [2.75, 3.05) is 34.0 Å². The van der Waals surface area contributed by atoms with Crippen LogP contribution in [0.25, 0.3) is 5.76 Å².